The summed E-state index contributed by atoms with van der Waals surface area (Å²) in [4.78, 5) is 0. The van der Waals surface area contributed by atoms with Crippen LogP contribution in [0.4, 0.5) is 0 Å². The first-order valence-corrected chi connectivity index (χ1v) is 12.4. The van der Waals surface area contributed by atoms with Crippen LogP contribution in [0, 0.1) is 5.92 Å². The summed E-state index contributed by atoms with van der Waals surface area (Å²) in [6.45, 7) is 3.27. The first-order chi connectivity index (χ1) is 14.3. The van der Waals surface area contributed by atoms with Gasteiger partial charge in [0.1, 0.15) is 0 Å². The second-order valence-electron chi connectivity index (χ2n) is 9.27. The molecule has 0 radical (unpaired) electrons. The minimum Gasteiger partial charge on any atom is -0.201 e. The van der Waals surface area contributed by atoms with E-state index in [0.29, 0.717) is 0 Å². The number of benzene rings is 1. The van der Waals surface area contributed by atoms with Gasteiger partial charge in [0.2, 0.25) is 0 Å². The number of rotatable bonds is 12. The molecule has 1 fully saturated rings. The summed E-state index contributed by atoms with van der Waals surface area (Å²) < 4.78 is 2.30. The highest BCUT2D eigenvalue weighted by Gasteiger charge is 2.22. The molecular weight excluding hydrogens is 350 g/mol. The molecule has 1 aliphatic carbocycles. The summed E-state index contributed by atoms with van der Waals surface area (Å²) in [7, 11) is 0. The van der Waals surface area contributed by atoms with Gasteiger partial charge < -0.3 is 0 Å². The zero-order chi connectivity index (χ0) is 20.2. The lowest BCUT2D eigenvalue weighted by molar-refractivity contribution is -0.688. The Hall–Kier alpha value is -1.63. The van der Waals surface area contributed by atoms with Gasteiger partial charge in [-0.15, -0.1) is 0 Å². The Morgan fingerprint density at radius 2 is 1.34 bits per heavy atom. The minimum atomic E-state index is 0.788. The highest BCUT2D eigenvalue weighted by Crippen LogP contribution is 2.37. The standard InChI is InChI=1S/C28H42N/c1-2-3-4-5-6-7-8-10-13-25-16-18-27(19-17-25)28-20-22-29(23-21-28)24-26-14-11-9-12-15-26/h9,11-12,14-15,20-23,25,27H,2-8,10,13,16-19,24H2,1H3/q+1. The zero-order valence-corrected chi connectivity index (χ0v) is 18.7. The molecule has 0 aliphatic heterocycles. The molecule has 1 aromatic heterocycles. The van der Waals surface area contributed by atoms with Crippen LogP contribution in [0.15, 0.2) is 54.9 Å². The van der Waals surface area contributed by atoms with E-state index in [2.05, 4.69) is 66.3 Å². The summed E-state index contributed by atoms with van der Waals surface area (Å²) in [6, 6.07) is 15.5. The van der Waals surface area contributed by atoms with Crippen molar-refractivity contribution in [2.45, 2.75) is 103 Å². The Labute approximate surface area is 179 Å². The number of hydrogen-bond acceptors (Lipinski definition) is 0. The van der Waals surface area contributed by atoms with Crippen molar-refractivity contribution < 1.29 is 4.57 Å². The van der Waals surface area contributed by atoms with Crippen LogP contribution in [0.25, 0.3) is 0 Å². The van der Waals surface area contributed by atoms with Gasteiger partial charge in [0.25, 0.3) is 0 Å². The summed E-state index contributed by atoms with van der Waals surface area (Å²) in [6.07, 6.45) is 23.3. The van der Waals surface area contributed by atoms with E-state index in [0.717, 1.165) is 18.4 Å². The lowest BCUT2D eigenvalue weighted by Gasteiger charge is -2.28. The molecule has 1 heterocycles. The molecule has 0 spiro atoms. The maximum Gasteiger partial charge on any atom is 0.173 e. The number of aromatic nitrogens is 1. The van der Waals surface area contributed by atoms with E-state index in [1.165, 1.54) is 89.0 Å². The Morgan fingerprint density at radius 1 is 0.724 bits per heavy atom. The molecule has 0 amide bonds. The van der Waals surface area contributed by atoms with E-state index in [1.54, 1.807) is 5.56 Å². The Morgan fingerprint density at radius 3 is 2.00 bits per heavy atom. The third-order valence-electron chi connectivity index (χ3n) is 6.91. The van der Waals surface area contributed by atoms with Crippen molar-refractivity contribution >= 4 is 0 Å². The summed E-state index contributed by atoms with van der Waals surface area (Å²) >= 11 is 0. The average molecular weight is 393 g/mol. The van der Waals surface area contributed by atoms with Crippen molar-refractivity contribution in [1.82, 2.24) is 0 Å². The molecule has 0 saturated heterocycles. The number of unbranched alkanes of at least 4 members (excludes halogenated alkanes) is 7. The molecule has 1 nitrogen and oxygen atoms in total. The topological polar surface area (TPSA) is 3.88 Å². The van der Waals surface area contributed by atoms with Crippen molar-refractivity contribution in [3.05, 3.63) is 66.0 Å². The third-order valence-corrected chi connectivity index (χ3v) is 6.91. The molecule has 0 unspecified atom stereocenters. The van der Waals surface area contributed by atoms with Gasteiger partial charge in [-0.2, -0.15) is 0 Å². The van der Waals surface area contributed by atoms with Crippen molar-refractivity contribution in [1.29, 1.82) is 0 Å². The summed E-state index contributed by atoms with van der Waals surface area (Å²) in [5, 5.41) is 0. The molecular formula is C28H42N+. The van der Waals surface area contributed by atoms with Gasteiger partial charge in [-0.1, -0.05) is 95.0 Å². The van der Waals surface area contributed by atoms with Crippen molar-refractivity contribution in [3.63, 3.8) is 0 Å². The minimum absolute atomic E-state index is 0.788. The van der Waals surface area contributed by atoms with Gasteiger partial charge in [-0.25, -0.2) is 4.57 Å². The zero-order valence-electron chi connectivity index (χ0n) is 18.7. The van der Waals surface area contributed by atoms with Crippen LogP contribution in [0.3, 0.4) is 0 Å². The largest absolute Gasteiger partial charge is 0.201 e. The summed E-state index contributed by atoms with van der Waals surface area (Å²) in [5.74, 6) is 1.79. The fraction of sp³-hybridized carbons (Fsp3) is 0.607. The second kappa shape index (κ2) is 12.8. The monoisotopic (exact) mass is 392 g/mol. The summed E-state index contributed by atoms with van der Waals surface area (Å²) in [5.41, 5.74) is 2.92. The van der Waals surface area contributed by atoms with Crippen LogP contribution in [-0.4, -0.2) is 0 Å². The first-order valence-electron chi connectivity index (χ1n) is 12.4. The smallest absolute Gasteiger partial charge is 0.173 e. The average Bonchev–Trinajstić information content (AvgIpc) is 2.77. The number of hydrogen-bond donors (Lipinski definition) is 0. The molecule has 1 saturated carbocycles. The predicted molar refractivity (Wildman–Crippen MR) is 124 cm³/mol. The van der Waals surface area contributed by atoms with Gasteiger partial charge in [-0.3, -0.25) is 0 Å². The lowest BCUT2D eigenvalue weighted by Crippen LogP contribution is -2.33. The predicted octanol–water partition coefficient (Wildman–Crippen LogP) is 7.83. The van der Waals surface area contributed by atoms with Crippen LogP contribution < -0.4 is 4.57 Å². The normalized spacial score (nSPS) is 19.3. The number of nitrogens with zero attached hydrogens (tertiary/aromatic N) is 1. The van der Waals surface area contributed by atoms with E-state index in [4.69, 9.17) is 0 Å². The SMILES string of the molecule is CCCCCCCCCCC1CCC(c2cc[n+](Cc3ccccc3)cc2)CC1. The molecule has 0 atom stereocenters. The van der Waals surface area contributed by atoms with Gasteiger partial charge in [-0.05, 0) is 43.1 Å². The Balaban J connectivity index is 1.31. The molecule has 1 aliphatic rings. The molecule has 3 rings (SSSR count). The fourth-order valence-corrected chi connectivity index (χ4v) is 4.99. The molecule has 158 valence electrons. The Bertz CT molecular complexity index is 652. The van der Waals surface area contributed by atoms with E-state index >= 15 is 0 Å². The lowest BCUT2D eigenvalue weighted by atomic mass is 9.77. The van der Waals surface area contributed by atoms with E-state index in [1.807, 2.05) is 0 Å². The second-order valence-corrected chi connectivity index (χ2v) is 9.27. The quantitative estimate of drug-likeness (QED) is 0.256. The maximum absolute atomic E-state index is 2.37. The molecule has 0 bridgehead atoms. The fourth-order valence-electron chi connectivity index (χ4n) is 4.99. The maximum atomic E-state index is 2.37. The molecule has 0 N–H and O–H groups in total. The van der Waals surface area contributed by atoms with E-state index < -0.39 is 0 Å². The van der Waals surface area contributed by atoms with Crippen LogP contribution in [0.5, 0.6) is 0 Å². The molecule has 29 heavy (non-hydrogen) atoms. The van der Waals surface area contributed by atoms with Crippen LogP contribution in [-0.2, 0) is 6.54 Å². The Kier molecular flexibility index (Phi) is 9.76. The van der Waals surface area contributed by atoms with Crippen LogP contribution >= 0.6 is 0 Å². The van der Waals surface area contributed by atoms with Gasteiger partial charge in [0, 0.05) is 17.7 Å². The molecule has 1 heteroatoms. The third kappa shape index (κ3) is 7.96. The van der Waals surface area contributed by atoms with E-state index in [9.17, 15) is 0 Å². The van der Waals surface area contributed by atoms with Gasteiger partial charge in [0.15, 0.2) is 18.9 Å². The van der Waals surface area contributed by atoms with Gasteiger partial charge in [0.05, 0.1) is 0 Å². The highest BCUT2D eigenvalue weighted by atomic mass is 14.9. The van der Waals surface area contributed by atoms with Crippen LogP contribution in [0.2, 0.25) is 0 Å². The molecule has 1 aromatic carbocycles. The van der Waals surface area contributed by atoms with Crippen molar-refractivity contribution in [3.8, 4) is 0 Å². The number of pyridine rings is 1. The highest BCUT2D eigenvalue weighted by molar-refractivity contribution is 5.16. The van der Waals surface area contributed by atoms with Crippen molar-refractivity contribution in [2.24, 2.45) is 5.92 Å². The first kappa shape index (κ1) is 22.1. The van der Waals surface area contributed by atoms with Crippen LogP contribution in [0.1, 0.15) is 107 Å². The van der Waals surface area contributed by atoms with Gasteiger partial charge >= 0.3 is 0 Å². The van der Waals surface area contributed by atoms with E-state index in [-0.39, 0.29) is 0 Å². The molecule has 2 aromatic rings. The van der Waals surface area contributed by atoms with Crippen molar-refractivity contribution in [2.75, 3.05) is 0 Å².